The molecule has 7 heteroatoms. The van der Waals surface area contributed by atoms with Gasteiger partial charge in [0.1, 0.15) is 11.3 Å². The number of aryl methyl sites for hydroxylation is 1. The zero-order chi connectivity index (χ0) is 16.2. The summed E-state index contributed by atoms with van der Waals surface area (Å²) < 4.78 is 6.98. The average molecular weight is 327 g/mol. The topological polar surface area (TPSA) is 78.9 Å². The molecule has 0 fully saturated rings. The van der Waals surface area contributed by atoms with Crippen LogP contribution >= 0.6 is 12.2 Å². The van der Waals surface area contributed by atoms with Crippen molar-refractivity contribution in [1.82, 2.24) is 19.5 Å². The number of ether oxygens (including phenoxy) is 1. The summed E-state index contributed by atoms with van der Waals surface area (Å²) in [6.45, 7) is 0.684. The van der Waals surface area contributed by atoms with E-state index in [9.17, 15) is 0 Å². The number of nitrogens with zero attached hydrogens (tertiary/aromatic N) is 4. The van der Waals surface area contributed by atoms with E-state index in [1.807, 2.05) is 22.8 Å². The number of thiocarbonyl (C=S) groups is 1. The Morgan fingerprint density at radius 3 is 2.78 bits per heavy atom. The highest BCUT2D eigenvalue weighted by atomic mass is 32.1. The van der Waals surface area contributed by atoms with Crippen LogP contribution in [0.3, 0.4) is 0 Å². The van der Waals surface area contributed by atoms with Gasteiger partial charge in [-0.05, 0) is 17.8 Å². The first kappa shape index (κ1) is 15.4. The Bertz CT molecular complexity index is 831. The molecule has 6 nitrogen and oxygen atoms in total. The summed E-state index contributed by atoms with van der Waals surface area (Å²) in [5.74, 6) is 1.03. The van der Waals surface area contributed by atoms with Gasteiger partial charge < -0.3 is 15.0 Å². The van der Waals surface area contributed by atoms with Crippen LogP contribution in [0.4, 0.5) is 5.82 Å². The lowest BCUT2D eigenvalue weighted by Crippen LogP contribution is -2.07. The summed E-state index contributed by atoms with van der Waals surface area (Å²) in [7, 11) is 1.57. The van der Waals surface area contributed by atoms with Crippen LogP contribution in [0.5, 0.6) is 0 Å². The maximum atomic E-state index is 6.01. The molecule has 0 amide bonds. The second kappa shape index (κ2) is 6.70. The lowest BCUT2D eigenvalue weighted by atomic mass is 10.2. The number of benzene rings is 1. The second-order valence-corrected chi connectivity index (χ2v) is 5.59. The van der Waals surface area contributed by atoms with Crippen LogP contribution in [0.2, 0.25) is 0 Å². The van der Waals surface area contributed by atoms with E-state index in [0.717, 1.165) is 5.65 Å². The van der Waals surface area contributed by atoms with Crippen molar-refractivity contribution in [2.24, 2.45) is 0 Å². The molecular formula is C16H17N5OS. The Labute approximate surface area is 139 Å². The van der Waals surface area contributed by atoms with Crippen LogP contribution in [0.1, 0.15) is 17.8 Å². The number of hydrogen-bond donors (Lipinski definition) is 1. The van der Waals surface area contributed by atoms with Crippen LogP contribution in [0.15, 0.2) is 36.7 Å². The third kappa shape index (κ3) is 3.45. The first-order chi connectivity index (χ1) is 11.2. The second-order valence-electron chi connectivity index (χ2n) is 5.13. The van der Waals surface area contributed by atoms with Gasteiger partial charge in [0.2, 0.25) is 0 Å². The predicted molar refractivity (Wildman–Crippen MR) is 93.2 cm³/mol. The van der Waals surface area contributed by atoms with Crippen molar-refractivity contribution in [3.05, 3.63) is 48.0 Å². The molecule has 23 heavy (non-hydrogen) atoms. The van der Waals surface area contributed by atoms with Crippen molar-refractivity contribution in [2.45, 2.75) is 19.4 Å². The van der Waals surface area contributed by atoms with E-state index in [1.54, 1.807) is 13.4 Å². The molecule has 2 heterocycles. The van der Waals surface area contributed by atoms with E-state index < -0.39 is 0 Å². The molecule has 0 atom stereocenters. The Kier molecular flexibility index (Phi) is 4.47. The van der Waals surface area contributed by atoms with Gasteiger partial charge in [0.15, 0.2) is 16.5 Å². The summed E-state index contributed by atoms with van der Waals surface area (Å²) in [5.41, 5.74) is 8.54. The number of imidazole rings is 1. The number of anilines is 1. The first-order valence-electron chi connectivity index (χ1n) is 7.25. The molecule has 0 aliphatic rings. The molecule has 2 N–H and O–H groups in total. The van der Waals surface area contributed by atoms with Crippen LogP contribution in [0.25, 0.3) is 11.2 Å². The Balaban J connectivity index is 1.91. The molecule has 0 saturated heterocycles. The van der Waals surface area contributed by atoms with Gasteiger partial charge in [-0.15, -0.1) is 0 Å². The van der Waals surface area contributed by atoms with Gasteiger partial charge >= 0.3 is 0 Å². The van der Waals surface area contributed by atoms with E-state index in [2.05, 4.69) is 27.1 Å². The third-order valence-corrected chi connectivity index (χ3v) is 3.88. The number of nitrogens with two attached hydrogens (primary N) is 1. The van der Waals surface area contributed by atoms with E-state index in [1.165, 1.54) is 5.56 Å². The van der Waals surface area contributed by atoms with Gasteiger partial charge in [0, 0.05) is 12.8 Å². The number of hydrogen-bond acceptors (Lipinski definition) is 6. The van der Waals surface area contributed by atoms with Crippen molar-refractivity contribution in [3.8, 4) is 0 Å². The molecule has 0 unspecified atom stereocenters. The van der Waals surface area contributed by atoms with E-state index in [-0.39, 0.29) is 0 Å². The molecule has 3 rings (SSSR count). The minimum absolute atomic E-state index is 0.389. The summed E-state index contributed by atoms with van der Waals surface area (Å²) in [5, 5.41) is 0.532. The highest BCUT2D eigenvalue weighted by molar-refractivity contribution is 7.80. The minimum atomic E-state index is 0.389. The smallest absolute Gasteiger partial charge is 0.166 e. The molecule has 0 saturated carbocycles. The lowest BCUT2D eigenvalue weighted by molar-refractivity contribution is 0.401. The molecule has 1 aromatic carbocycles. The van der Waals surface area contributed by atoms with Crippen LogP contribution in [-0.2, 0) is 17.7 Å². The van der Waals surface area contributed by atoms with Gasteiger partial charge in [0.25, 0.3) is 0 Å². The number of rotatable bonds is 5. The fourth-order valence-corrected chi connectivity index (χ4v) is 2.44. The van der Waals surface area contributed by atoms with Crippen LogP contribution < -0.4 is 5.73 Å². The zero-order valence-corrected chi connectivity index (χ0v) is 13.6. The van der Waals surface area contributed by atoms with E-state index in [4.69, 9.17) is 22.7 Å². The maximum Gasteiger partial charge on any atom is 0.166 e. The number of methoxy groups -OCH3 is 1. The summed E-state index contributed by atoms with van der Waals surface area (Å²) in [6, 6.07) is 10.1. The number of aromatic nitrogens is 4. The Hall–Kier alpha value is -2.54. The van der Waals surface area contributed by atoms with Gasteiger partial charge in [0.05, 0.1) is 20.0 Å². The molecule has 0 aliphatic heterocycles. The Morgan fingerprint density at radius 1 is 1.26 bits per heavy atom. The zero-order valence-electron chi connectivity index (χ0n) is 12.8. The van der Waals surface area contributed by atoms with Crippen molar-refractivity contribution < 1.29 is 4.74 Å². The largest absolute Gasteiger partial charge is 0.490 e. The van der Waals surface area contributed by atoms with Crippen molar-refractivity contribution in [2.75, 3.05) is 12.8 Å². The van der Waals surface area contributed by atoms with Gasteiger partial charge in [-0.25, -0.2) is 15.0 Å². The fourth-order valence-electron chi connectivity index (χ4n) is 2.34. The number of fused-ring (bicyclic) bond motifs is 1. The van der Waals surface area contributed by atoms with Crippen molar-refractivity contribution >= 4 is 34.3 Å². The monoisotopic (exact) mass is 327 g/mol. The van der Waals surface area contributed by atoms with Gasteiger partial charge in [-0.1, -0.05) is 30.3 Å². The fraction of sp³-hybridized carbons (Fsp3) is 0.250. The number of nitrogen functional groups attached to an aromatic ring is 1. The van der Waals surface area contributed by atoms with Crippen LogP contribution in [0, 0.1) is 0 Å². The van der Waals surface area contributed by atoms with Gasteiger partial charge in [-0.2, -0.15) is 0 Å². The first-order valence-corrected chi connectivity index (χ1v) is 7.66. The maximum absolute atomic E-state index is 6.01. The highest BCUT2D eigenvalue weighted by Gasteiger charge is 2.12. The van der Waals surface area contributed by atoms with Crippen molar-refractivity contribution in [3.63, 3.8) is 0 Å². The highest BCUT2D eigenvalue weighted by Crippen LogP contribution is 2.18. The molecule has 2 aromatic heterocycles. The SMILES string of the molecule is COC(=S)CCc1nc(N)c2ncn(Cc3ccccc3)c2n1. The van der Waals surface area contributed by atoms with E-state index in [0.29, 0.717) is 41.6 Å². The summed E-state index contributed by atoms with van der Waals surface area (Å²) >= 11 is 5.05. The molecule has 0 spiro atoms. The third-order valence-electron chi connectivity index (χ3n) is 3.51. The minimum Gasteiger partial charge on any atom is -0.490 e. The summed E-state index contributed by atoms with van der Waals surface area (Å²) in [4.78, 5) is 13.2. The predicted octanol–water partition coefficient (Wildman–Crippen LogP) is 2.36. The van der Waals surface area contributed by atoms with Crippen LogP contribution in [-0.4, -0.2) is 31.7 Å². The Morgan fingerprint density at radius 2 is 2.04 bits per heavy atom. The molecule has 0 radical (unpaired) electrons. The molecule has 0 bridgehead atoms. The average Bonchev–Trinajstić information content (AvgIpc) is 2.97. The standard InChI is InChI=1S/C16H17N5OS/c1-22-13(23)8-7-12-19-15(17)14-16(20-12)21(10-18-14)9-11-5-3-2-4-6-11/h2-6,10H,7-9H2,1H3,(H2,17,19,20). The summed E-state index contributed by atoms with van der Waals surface area (Å²) in [6.07, 6.45) is 2.92. The molecule has 118 valence electrons. The molecule has 3 aromatic rings. The van der Waals surface area contributed by atoms with Gasteiger partial charge in [-0.3, -0.25) is 0 Å². The quantitative estimate of drug-likeness (QED) is 0.725. The lowest BCUT2D eigenvalue weighted by Gasteiger charge is -2.06. The van der Waals surface area contributed by atoms with Crippen molar-refractivity contribution in [1.29, 1.82) is 0 Å². The van der Waals surface area contributed by atoms with E-state index >= 15 is 0 Å². The molecular weight excluding hydrogens is 310 g/mol. The molecule has 0 aliphatic carbocycles. The normalized spacial score (nSPS) is 10.8.